The highest BCUT2D eigenvalue weighted by Gasteiger charge is 2.59. The molecule has 0 amide bonds. The fourth-order valence-electron chi connectivity index (χ4n) is 8.33. The quantitative estimate of drug-likeness (QED) is 0.411. The Labute approximate surface area is 175 Å². The Bertz CT molecular complexity index is 475. The summed E-state index contributed by atoms with van der Waals surface area (Å²) < 4.78 is 0. The van der Waals surface area contributed by atoms with Crippen molar-refractivity contribution in [2.24, 2.45) is 40.4 Å². The van der Waals surface area contributed by atoms with Crippen molar-refractivity contribution >= 4 is 6.29 Å². The van der Waals surface area contributed by atoms with Crippen molar-refractivity contribution in [1.82, 2.24) is 0 Å². The number of aliphatic hydroxyl groups excluding tert-OH is 1. The minimum absolute atomic E-state index is 0.599. The van der Waals surface area contributed by atoms with Gasteiger partial charge in [-0.15, -0.1) is 0 Å². The van der Waals surface area contributed by atoms with Crippen molar-refractivity contribution in [1.29, 1.82) is 0 Å². The molecule has 0 bridgehead atoms. The summed E-state index contributed by atoms with van der Waals surface area (Å²) in [7, 11) is 1.00. The van der Waals surface area contributed by atoms with Gasteiger partial charge in [0.15, 0.2) is 0 Å². The van der Waals surface area contributed by atoms with Crippen molar-refractivity contribution in [3.8, 4) is 0 Å². The lowest BCUT2D eigenvalue weighted by atomic mass is 9.45. The van der Waals surface area contributed by atoms with Gasteiger partial charge >= 0.3 is 0 Å². The number of aldehydes is 1. The van der Waals surface area contributed by atoms with Gasteiger partial charge in [-0.2, -0.15) is 0 Å². The number of rotatable bonds is 4. The monoisotopic (exact) mass is 392 g/mol. The molecule has 0 heterocycles. The number of carbonyl (C=O) groups is 1. The smallest absolute Gasteiger partial charge is 0.119 e. The third-order valence-electron chi connectivity index (χ3n) is 9.65. The van der Waals surface area contributed by atoms with Crippen LogP contribution in [0.1, 0.15) is 111 Å². The van der Waals surface area contributed by atoms with Crippen LogP contribution in [0.15, 0.2) is 0 Å². The molecule has 4 saturated carbocycles. The molecule has 4 aliphatic rings. The number of carbonyl (C=O) groups excluding carboxylic acids is 1. The molecule has 4 fully saturated rings. The van der Waals surface area contributed by atoms with Gasteiger partial charge in [-0.3, -0.25) is 0 Å². The molecule has 28 heavy (non-hydrogen) atoms. The molecule has 2 nitrogen and oxygen atoms in total. The lowest BCUT2D eigenvalue weighted by molar-refractivity contribution is -0.112. The van der Waals surface area contributed by atoms with Crippen LogP contribution in [0.3, 0.4) is 0 Å². The highest BCUT2D eigenvalue weighted by atomic mass is 16.2. The largest absolute Gasteiger partial charge is 0.400 e. The topological polar surface area (TPSA) is 37.3 Å². The average Bonchev–Trinajstić information content (AvgIpc) is 3.07. The van der Waals surface area contributed by atoms with Gasteiger partial charge in [0.05, 0.1) is 0 Å². The van der Waals surface area contributed by atoms with E-state index in [9.17, 15) is 4.79 Å². The molecule has 0 aromatic heterocycles. The molecule has 0 saturated heterocycles. The minimum atomic E-state index is 0.599. The van der Waals surface area contributed by atoms with Crippen molar-refractivity contribution in [2.45, 2.75) is 111 Å². The Morgan fingerprint density at radius 1 is 0.857 bits per heavy atom. The highest BCUT2D eigenvalue weighted by molar-refractivity contribution is 5.48. The third kappa shape index (κ3) is 4.23. The molecule has 7 atom stereocenters. The molecular weight excluding hydrogens is 344 g/mol. The van der Waals surface area contributed by atoms with Crippen molar-refractivity contribution in [3.63, 3.8) is 0 Å². The molecule has 7 unspecified atom stereocenters. The van der Waals surface area contributed by atoms with E-state index in [1.165, 1.54) is 70.6 Å². The summed E-state index contributed by atoms with van der Waals surface area (Å²) in [5.41, 5.74) is 1.28. The Hall–Kier alpha value is -0.370. The molecule has 0 aromatic rings. The average molecular weight is 393 g/mol. The summed E-state index contributed by atoms with van der Waals surface area (Å²) in [5, 5.41) is 7.00. The van der Waals surface area contributed by atoms with Crippen LogP contribution >= 0.6 is 0 Å². The molecule has 1 N–H and O–H groups in total. The normalized spacial score (nSPS) is 43.9. The standard InChI is InChI=1S/C23H38O.C2H6.CH4O/c1-22-14-5-3-7-17(22)9-11-19-20-12-10-18(8-4-6-16-24)23(20,2)15-13-21(19)22;2*1-2/h16-21H,3-15H2,1-2H3;1-2H3;2H,1H3. The summed E-state index contributed by atoms with van der Waals surface area (Å²) in [5.74, 6) is 5.00. The Morgan fingerprint density at radius 3 is 2.29 bits per heavy atom. The zero-order valence-electron chi connectivity index (χ0n) is 19.5. The van der Waals surface area contributed by atoms with Crippen molar-refractivity contribution in [2.75, 3.05) is 7.11 Å². The summed E-state index contributed by atoms with van der Waals surface area (Å²) in [6.07, 6.45) is 19.4. The first-order chi connectivity index (χ1) is 13.6. The zero-order valence-corrected chi connectivity index (χ0v) is 19.5. The molecule has 164 valence electrons. The van der Waals surface area contributed by atoms with E-state index in [2.05, 4.69) is 13.8 Å². The van der Waals surface area contributed by atoms with Gasteiger partial charge in [0, 0.05) is 13.5 Å². The van der Waals surface area contributed by atoms with Crippen LogP contribution in [0.2, 0.25) is 0 Å². The van der Waals surface area contributed by atoms with Crippen LogP contribution in [0.4, 0.5) is 0 Å². The number of hydrogen-bond acceptors (Lipinski definition) is 2. The first-order valence-electron chi connectivity index (χ1n) is 12.5. The number of hydrogen-bond donors (Lipinski definition) is 1. The summed E-state index contributed by atoms with van der Waals surface area (Å²) in [6, 6.07) is 0. The van der Waals surface area contributed by atoms with Gasteiger partial charge in [0.2, 0.25) is 0 Å². The Balaban J connectivity index is 0.000000660. The van der Waals surface area contributed by atoms with E-state index in [1.807, 2.05) is 13.8 Å². The molecule has 0 spiro atoms. The molecule has 0 aliphatic heterocycles. The van der Waals surface area contributed by atoms with Crippen LogP contribution in [0.5, 0.6) is 0 Å². The van der Waals surface area contributed by atoms with Gasteiger partial charge in [-0.05, 0) is 105 Å². The molecule has 0 aromatic carbocycles. The number of aliphatic hydroxyl groups is 1. The second kappa shape index (κ2) is 10.6. The van der Waals surface area contributed by atoms with Crippen LogP contribution in [-0.4, -0.2) is 18.5 Å². The lowest BCUT2D eigenvalue weighted by Gasteiger charge is -2.60. The predicted octanol–water partition coefficient (Wildman–Crippen LogP) is 7.04. The minimum Gasteiger partial charge on any atom is -0.400 e. The summed E-state index contributed by atoms with van der Waals surface area (Å²) in [6.45, 7) is 9.33. The van der Waals surface area contributed by atoms with E-state index in [1.54, 1.807) is 0 Å². The van der Waals surface area contributed by atoms with Crippen molar-refractivity contribution in [3.05, 3.63) is 0 Å². The number of fused-ring (bicyclic) bond motifs is 5. The Morgan fingerprint density at radius 2 is 1.57 bits per heavy atom. The van der Waals surface area contributed by atoms with Crippen LogP contribution in [-0.2, 0) is 4.79 Å². The van der Waals surface area contributed by atoms with E-state index in [0.29, 0.717) is 10.8 Å². The second-order valence-electron chi connectivity index (χ2n) is 10.3. The van der Waals surface area contributed by atoms with E-state index in [-0.39, 0.29) is 0 Å². The van der Waals surface area contributed by atoms with Crippen LogP contribution in [0.25, 0.3) is 0 Å². The second-order valence-corrected chi connectivity index (χ2v) is 10.3. The SMILES string of the molecule is CC.CC12CCCCC1CCC1C2CCC2(C)C(CCCC=O)CCC12.CO. The predicted molar refractivity (Wildman–Crippen MR) is 119 cm³/mol. The van der Waals surface area contributed by atoms with Crippen LogP contribution in [0, 0.1) is 40.4 Å². The van der Waals surface area contributed by atoms with Gasteiger partial charge in [-0.25, -0.2) is 0 Å². The highest BCUT2D eigenvalue weighted by Crippen LogP contribution is 2.67. The van der Waals surface area contributed by atoms with Gasteiger partial charge in [0.1, 0.15) is 6.29 Å². The summed E-state index contributed by atoms with van der Waals surface area (Å²) in [4.78, 5) is 10.7. The molecule has 2 heteroatoms. The number of unbranched alkanes of at least 4 members (excludes halogenated alkanes) is 1. The molecule has 4 rings (SSSR count). The van der Waals surface area contributed by atoms with Gasteiger partial charge in [-0.1, -0.05) is 40.5 Å². The van der Waals surface area contributed by atoms with E-state index in [0.717, 1.165) is 55.8 Å². The van der Waals surface area contributed by atoms with Crippen molar-refractivity contribution < 1.29 is 9.90 Å². The fourth-order valence-corrected chi connectivity index (χ4v) is 8.33. The maximum atomic E-state index is 10.7. The first-order valence-corrected chi connectivity index (χ1v) is 12.5. The van der Waals surface area contributed by atoms with E-state index < -0.39 is 0 Å². The molecular formula is C26H48O2. The molecule has 4 aliphatic carbocycles. The first kappa shape index (κ1) is 23.9. The maximum Gasteiger partial charge on any atom is 0.119 e. The third-order valence-corrected chi connectivity index (χ3v) is 9.65. The Kier molecular flexibility index (Phi) is 9.05. The maximum absolute atomic E-state index is 10.7. The van der Waals surface area contributed by atoms with E-state index in [4.69, 9.17) is 5.11 Å². The molecule has 0 radical (unpaired) electrons. The van der Waals surface area contributed by atoms with Gasteiger partial charge in [0.25, 0.3) is 0 Å². The fraction of sp³-hybridized carbons (Fsp3) is 0.962. The zero-order chi connectivity index (χ0) is 20.8. The summed E-state index contributed by atoms with van der Waals surface area (Å²) >= 11 is 0. The van der Waals surface area contributed by atoms with Crippen LogP contribution < -0.4 is 0 Å². The lowest BCUT2D eigenvalue weighted by Crippen LogP contribution is -2.52. The van der Waals surface area contributed by atoms with Gasteiger partial charge < -0.3 is 9.90 Å². The van der Waals surface area contributed by atoms with E-state index >= 15 is 0 Å².